The zero-order valence-corrected chi connectivity index (χ0v) is 22.1. The number of H-pyrrole nitrogens is 1. The topological polar surface area (TPSA) is 140 Å². The van der Waals surface area contributed by atoms with Gasteiger partial charge >= 0.3 is 0 Å². The molecule has 11 nitrogen and oxygen atoms in total. The van der Waals surface area contributed by atoms with Crippen LogP contribution in [0.4, 0.5) is 10.1 Å². The van der Waals surface area contributed by atoms with Crippen molar-refractivity contribution in [2.75, 3.05) is 51.4 Å². The Hall–Kier alpha value is -4.58. The maximum Gasteiger partial charge on any atom is 0.225 e. The van der Waals surface area contributed by atoms with Crippen LogP contribution >= 0.6 is 0 Å². The molecule has 4 aromatic rings. The van der Waals surface area contributed by atoms with Crippen LogP contribution in [0.15, 0.2) is 48.7 Å². The van der Waals surface area contributed by atoms with E-state index in [9.17, 15) is 14.0 Å². The first-order chi connectivity index (χ1) is 19.4. The first-order valence-corrected chi connectivity index (χ1v) is 13.0. The predicted molar refractivity (Wildman–Crippen MR) is 147 cm³/mol. The number of aromatic nitrogens is 4. The molecule has 2 aromatic carbocycles. The summed E-state index contributed by atoms with van der Waals surface area (Å²) in [7, 11) is 1.48. The van der Waals surface area contributed by atoms with Crippen molar-refractivity contribution in [3.8, 4) is 28.4 Å². The van der Waals surface area contributed by atoms with E-state index in [0.717, 1.165) is 11.3 Å². The average Bonchev–Trinajstić information content (AvgIpc) is 3.40. The molecule has 5 rings (SSSR count). The second-order valence-corrected chi connectivity index (χ2v) is 9.34. The fraction of sp³-hybridized carbons (Fsp3) is 0.321. The largest absolute Gasteiger partial charge is 0.496 e. The molecule has 12 heteroatoms. The van der Waals surface area contributed by atoms with Gasteiger partial charge in [0.25, 0.3) is 0 Å². The summed E-state index contributed by atoms with van der Waals surface area (Å²) in [5, 5.41) is 7.39. The molecule has 0 radical (unpaired) electrons. The highest BCUT2D eigenvalue weighted by Gasteiger charge is 2.22. The van der Waals surface area contributed by atoms with Gasteiger partial charge in [-0.25, -0.2) is 14.4 Å². The summed E-state index contributed by atoms with van der Waals surface area (Å²) in [6.45, 7) is 3.15. The first-order valence-electron chi connectivity index (χ1n) is 13.0. The number of carbonyl (C=O) groups is 2. The van der Waals surface area contributed by atoms with Crippen molar-refractivity contribution < 1.29 is 23.5 Å². The minimum absolute atomic E-state index is 0.0360. The van der Waals surface area contributed by atoms with Gasteiger partial charge in [-0.15, -0.1) is 0 Å². The number of methoxy groups -OCH3 is 1. The fourth-order valence-electron chi connectivity index (χ4n) is 4.66. The molecule has 1 fully saturated rings. The number of carbonyl (C=O) groups excluding carboxylic acids is 2. The number of rotatable bonds is 10. The molecule has 2 aromatic heterocycles. The number of hydrogen-bond acceptors (Lipinski definition) is 8. The number of aromatic amines is 1. The molecule has 0 atom stereocenters. The van der Waals surface area contributed by atoms with Crippen molar-refractivity contribution in [2.24, 2.45) is 5.73 Å². The van der Waals surface area contributed by atoms with Gasteiger partial charge in [0.1, 0.15) is 28.3 Å². The average molecular weight is 548 g/mol. The maximum atomic E-state index is 14.6. The van der Waals surface area contributed by atoms with Gasteiger partial charge in [-0.3, -0.25) is 14.7 Å². The summed E-state index contributed by atoms with van der Waals surface area (Å²) in [5.41, 5.74) is 9.02. The number of amides is 2. The van der Waals surface area contributed by atoms with Gasteiger partial charge in [0.05, 0.1) is 38.5 Å². The molecule has 1 aliphatic heterocycles. The quantitative estimate of drug-likeness (QED) is 0.289. The van der Waals surface area contributed by atoms with Crippen LogP contribution in [0.25, 0.3) is 33.7 Å². The van der Waals surface area contributed by atoms with Crippen molar-refractivity contribution in [1.29, 1.82) is 0 Å². The third-order valence-electron chi connectivity index (χ3n) is 6.81. The molecular weight excluding hydrogens is 517 g/mol. The lowest BCUT2D eigenvalue weighted by Gasteiger charge is -2.36. The lowest BCUT2D eigenvalue weighted by molar-refractivity contribution is -0.132. The Kier molecular flexibility index (Phi) is 8.15. The monoisotopic (exact) mass is 547 g/mol. The van der Waals surface area contributed by atoms with Gasteiger partial charge in [0.15, 0.2) is 5.82 Å². The molecule has 208 valence electrons. The van der Waals surface area contributed by atoms with Gasteiger partial charge in [-0.2, -0.15) is 5.10 Å². The van der Waals surface area contributed by atoms with Gasteiger partial charge in [0.2, 0.25) is 11.8 Å². The molecule has 0 aliphatic carbocycles. The van der Waals surface area contributed by atoms with E-state index in [1.165, 1.54) is 13.2 Å². The lowest BCUT2D eigenvalue weighted by Crippen LogP contribution is -2.49. The van der Waals surface area contributed by atoms with Crippen molar-refractivity contribution in [3.05, 3.63) is 54.5 Å². The minimum atomic E-state index is -0.469. The van der Waals surface area contributed by atoms with E-state index < -0.39 is 11.7 Å². The van der Waals surface area contributed by atoms with Crippen LogP contribution in [0.3, 0.4) is 0 Å². The highest BCUT2D eigenvalue weighted by Crippen LogP contribution is 2.33. The van der Waals surface area contributed by atoms with Crippen LogP contribution in [0.5, 0.6) is 5.75 Å². The van der Waals surface area contributed by atoms with Gasteiger partial charge in [-0.1, -0.05) is 18.2 Å². The van der Waals surface area contributed by atoms with Crippen molar-refractivity contribution >= 4 is 28.5 Å². The van der Waals surface area contributed by atoms with Crippen LogP contribution in [0.1, 0.15) is 12.8 Å². The Bertz CT molecular complexity index is 1500. The number of nitrogens with zero attached hydrogens (tertiary/aromatic N) is 5. The van der Waals surface area contributed by atoms with Crippen LogP contribution < -0.4 is 15.4 Å². The number of piperazine rings is 1. The molecule has 2 amide bonds. The van der Waals surface area contributed by atoms with Crippen LogP contribution in [0, 0.1) is 5.82 Å². The second-order valence-electron chi connectivity index (χ2n) is 9.34. The number of nitrogens with two attached hydrogens (primary N) is 1. The highest BCUT2D eigenvalue weighted by molar-refractivity contribution is 5.90. The third kappa shape index (κ3) is 5.86. The highest BCUT2D eigenvalue weighted by atomic mass is 19.1. The van der Waals surface area contributed by atoms with Crippen LogP contribution in [0.2, 0.25) is 0 Å². The number of primary amides is 1. The molecule has 0 unspecified atom stereocenters. The van der Waals surface area contributed by atoms with Crippen molar-refractivity contribution in [2.45, 2.75) is 12.8 Å². The second kappa shape index (κ2) is 12.1. The number of ether oxygens (including phenoxy) is 2. The van der Waals surface area contributed by atoms with E-state index in [0.29, 0.717) is 48.7 Å². The van der Waals surface area contributed by atoms with E-state index in [1.54, 1.807) is 18.3 Å². The number of fused-ring (bicyclic) bond motifs is 1. The SMILES string of the molecule is COc1cccc(F)c1-c1ncc2[nH]nc(-c3ccc(N4CCN(C(=O)CCOCCC(N)=O)CC4)cc3)c2n1. The molecule has 40 heavy (non-hydrogen) atoms. The molecule has 0 spiro atoms. The standard InChI is InChI=1S/C28H30FN7O4/c1-39-22-4-2-3-20(29)25(22)28-31-17-21-27(32-28)26(34-33-21)18-5-7-19(8-6-18)35-11-13-36(14-12-35)24(38)10-16-40-15-9-23(30)37/h2-8,17H,9-16H2,1H3,(H2,30,37)(H,33,34). The number of nitrogens with one attached hydrogen (secondary N) is 1. The molecule has 1 saturated heterocycles. The van der Waals surface area contributed by atoms with Crippen LogP contribution in [-0.2, 0) is 14.3 Å². The predicted octanol–water partition coefficient (Wildman–Crippen LogP) is 2.77. The van der Waals surface area contributed by atoms with Gasteiger partial charge in [-0.05, 0) is 24.3 Å². The maximum absolute atomic E-state index is 14.6. The lowest BCUT2D eigenvalue weighted by atomic mass is 10.1. The summed E-state index contributed by atoms with van der Waals surface area (Å²) in [6, 6.07) is 12.6. The Morgan fingerprint density at radius 3 is 2.52 bits per heavy atom. The molecule has 0 saturated carbocycles. The molecule has 3 heterocycles. The summed E-state index contributed by atoms with van der Waals surface area (Å²) in [6.07, 6.45) is 2.02. The fourth-order valence-corrected chi connectivity index (χ4v) is 4.66. The Morgan fingerprint density at radius 1 is 1.05 bits per heavy atom. The number of anilines is 1. The minimum Gasteiger partial charge on any atom is -0.496 e. The van der Waals surface area contributed by atoms with E-state index in [1.807, 2.05) is 29.2 Å². The van der Waals surface area contributed by atoms with E-state index in [4.69, 9.17) is 15.2 Å². The summed E-state index contributed by atoms with van der Waals surface area (Å²) in [4.78, 5) is 36.2. The first kappa shape index (κ1) is 27.0. The van der Waals surface area contributed by atoms with Crippen LogP contribution in [-0.4, -0.2) is 83.4 Å². The summed E-state index contributed by atoms with van der Waals surface area (Å²) >= 11 is 0. The number of hydrogen-bond donors (Lipinski definition) is 2. The van der Waals surface area contributed by atoms with Crippen molar-refractivity contribution in [3.63, 3.8) is 0 Å². The Balaban J connectivity index is 1.24. The van der Waals surface area contributed by atoms with E-state index in [-0.39, 0.29) is 43.4 Å². The molecule has 1 aliphatic rings. The Morgan fingerprint density at radius 2 is 1.80 bits per heavy atom. The summed E-state index contributed by atoms with van der Waals surface area (Å²) in [5.74, 6) is -0.287. The zero-order chi connectivity index (χ0) is 28.1. The smallest absolute Gasteiger partial charge is 0.225 e. The van der Waals surface area contributed by atoms with E-state index >= 15 is 0 Å². The Labute approximate surface area is 230 Å². The summed E-state index contributed by atoms with van der Waals surface area (Å²) < 4.78 is 25.3. The van der Waals surface area contributed by atoms with Gasteiger partial charge < -0.3 is 25.0 Å². The molecule has 0 bridgehead atoms. The van der Waals surface area contributed by atoms with Crippen molar-refractivity contribution in [1.82, 2.24) is 25.1 Å². The third-order valence-corrected chi connectivity index (χ3v) is 6.81. The zero-order valence-electron chi connectivity index (χ0n) is 22.1. The molecular formula is C28H30FN7O4. The number of halogens is 1. The van der Waals surface area contributed by atoms with E-state index in [2.05, 4.69) is 25.1 Å². The molecule has 3 N–H and O–H groups in total. The normalized spacial score (nSPS) is 13.6. The van der Waals surface area contributed by atoms with Gasteiger partial charge in [0, 0.05) is 43.9 Å². The number of benzene rings is 2.